The standard InChI is InChI=1S/C14H13BrF2N2O/c1-8(11-6-10(16)3-4-12(11)17)19(2)14(20)13-5-9(15)7-18-13/h3-8,18H,1-2H3/t8-/m0/s1. The minimum Gasteiger partial charge on any atom is -0.356 e. The lowest BCUT2D eigenvalue weighted by Crippen LogP contribution is -2.30. The van der Waals surface area contributed by atoms with Gasteiger partial charge in [-0.3, -0.25) is 4.79 Å². The van der Waals surface area contributed by atoms with Gasteiger partial charge in [-0.25, -0.2) is 8.78 Å². The van der Waals surface area contributed by atoms with Crippen LogP contribution in [0.2, 0.25) is 0 Å². The van der Waals surface area contributed by atoms with Crippen molar-refractivity contribution in [3.05, 3.63) is 57.8 Å². The lowest BCUT2D eigenvalue weighted by atomic mass is 10.1. The molecule has 1 atom stereocenters. The van der Waals surface area contributed by atoms with Gasteiger partial charge in [0, 0.05) is 23.3 Å². The van der Waals surface area contributed by atoms with Crippen molar-refractivity contribution < 1.29 is 13.6 Å². The van der Waals surface area contributed by atoms with Crippen molar-refractivity contribution in [1.29, 1.82) is 0 Å². The van der Waals surface area contributed by atoms with E-state index in [0.717, 1.165) is 22.7 Å². The second-order valence-corrected chi connectivity index (χ2v) is 5.41. The van der Waals surface area contributed by atoms with E-state index in [1.54, 1.807) is 26.2 Å². The molecule has 6 heteroatoms. The maximum Gasteiger partial charge on any atom is 0.270 e. The van der Waals surface area contributed by atoms with E-state index < -0.39 is 17.7 Å². The number of nitrogens with one attached hydrogen (secondary N) is 1. The van der Waals surface area contributed by atoms with Crippen LogP contribution in [0.3, 0.4) is 0 Å². The van der Waals surface area contributed by atoms with Crippen molar-refractivity contribution >= 4 is 21.8 Å². The monoisotopic (exact) mass is 342 g/mol. The number of hydrogen-bond acceptors (Lipinski definition) is 1. The van der Waals surface area contributed by atoms with E-state index in [2.05, 4.69) is 20.9 Å². The normalized spacial score (nSPS) is 12.2. The number of aromatic amines is 1. The highest BCUT2D eigenvalue weighted by atomic mass is 79.9. The molecule has 0 aliphatic rings. The van der Waals surface area contributed by atoms with Crippen LogP contribution < -0.4 is 0 Å². The molecular formula is C14H13BrF2N2O. The molecule has 1 heterocycles. The van der Waals surface area contributed by atoms with Gasteiger partial charge in [0.2, 0.25) is 0 Å². The number of benzene rings is 1. The molecule has 1 aromatic heterocycles. The Labute approximate surface area is 123 Å². The summed E-state index contributed by atoms with van der Waals surface area (Å²) in [6, 6.07) is 4.27. The van der Waals surface area contributed by atoms with Crippen LogP contribution in [0.25, 0.3) is 0 Å². The van der Waals surface area contributed by atoms with Gasteiger partial charge in [0.15, 0.2) is 0 Å². The minimum atomic E-state index is -0.583. The minimum absolute atomic E-state index is 0.145. The summed E-state index contributed by atoms with van der Waals surface area (Å²) in [5, 5.41) is 0. The third kappa shape index (κ3) is 2.90. The van der Waals surface area contributed by atoms with Crippen molar-refractivity contribution in [1.82, 2.24) is 9.88 Å². The molecule has 0 unspecified atom stereocenters. The second kappa shape index (κ2) is 5.75. The van der Waals surface area contributed by atoms with Crippen molar-refractivity contribution in [2.45, 2.75) is 13.0 Å². The third-order valence-corrected chi connectivity index (χ3v) is 3.65. The zero-order valence-corrected chi connectivity index (χ0v) is 12.5. The lowest BCUT2D eigenvalue weighted by Gasteiger charge is -2.25. The fourth-order valence-corrected chi connectivity index (χ4v) is 2.24. The number of aromatic nitrogens is 1. The maximum atomic E-state index is 13.7. The summed E-state index contributed by atoms with van der Waals surface area (Å²) in [5.74, 6) is -1.37. The summed E-state index contributed by atoms with van der Waals surface area (Å²) >= 11 is 3.24. The number of carbonyl (C=O) groups is 1. The first-order chi connectivity index (χ1) is 9.40. The highest BCUT2D eigenvalue weighted by Crippen LogP contribution is 2.24. The van der Waals surface area contributed by atoms with E-state index in [1.165, 1.54) is 4.90 Å². The SMILES string of the molecule is C[C@@H](c1cc(F)ccc1F)N(C)C(=O)c1cc(Br)c[nH]1. The predicted octanol–water partition coefficient (Wildman–Crippen LogP) is 3.89. The Kier molecular flexibility index (Phi) is 4.23. The van der Waals surface area contributed by atoms with Crippen LogP contribution in [-0.2, 0) is 0 Å². The molecule has 20 heavy (non-hydrogen) atoms. The van der Waals surface area contributed by atoms with E-state index in [4.69, 9.17) is 0 Å². The highest BCUT2D eigenvalue weighted by Gasteiger charge is 2.22. The average molecular weight is 343 g/mol. The van der Waals surface area contributed by atoms with Crippen LogP contribution in [0, 0.1) is 11.6 Å². The van der Waals surface area contributed by atoms with E-state index >= 15 is 0 Å². The van der Waals surface area contributed by atoms with Crippen LogP contribution in [0.1, 0.15) is 29.0 Å². The number of nitrogens with zero attached hydrogens (tertiary/aromatic N) is 1. The van der Waals surface area contributed by atoms with Crippen molar-refractivity contribution in [3.63, 3.8) is 0 Å². The van der Waals surface area contributed by atoms with Gasteiger partial charge in [0.05, 0.1) is 6.04 Å². The van der Waals surface area contributed by atoms with Gasteiger partial charge in [-0.1, -0.05) is 0 Å². The number of hydrogen-bond donors (Lipinski definition) is 1. The van der Waals surface area contributed by atoms with E-state index in [1.807, 2.05) is 0 Å². The molecule has 0 bridgehead atoms. The smallest absolute Gasteiger partial charge is 0.270 e. The van der Waals surface area contributed by atoms with Crippen molar-refractivity contribution in [2.24, 2.45) is 0 Å². The fourth-order valence-electron chi connectivity index (χ4n) is 1.90. The molecule has 0 aliphatic carbocycles. The summed E-state index contributed by atoms with van der Waals surface area (Å²) in [6.07, 6.45) is 1.63. The number of amides is 1. The molecule has 0 saturated heterocycles. The van der Waals surface area contributed by atoms with Crippen LogP contribution in [0.15, 0.2) is 34.9 Å². The maximum absolute atomic E-state index is 13.7. The Morgan fingerprint density at radius 1 is 1.35 bits per heavy atom. The molecule has 0 radical (unpaired) electrons. The van der Waals surface area contributed by atoms with Crippen LogP contribution in [0.5, 0.6) is 0 Å². The van der Waals surface area contributed by atoms with Gasteiger partial charge in [-0.15, -0.1) is 0 Å². The number of carbonyl (C=O) groups excluding carboxylic acids is 1. The average Bonchev–Trinajstić information content (AvgIpc) is 2.85. The van der Waals surface area contributed by atoms with E-state index in [0.29, 0.717) is 5.69 Å². The molecule has 0 spiro atoms. The molecule has 2 aromatic rings. The molecule has 106 valence electrons. The Hall–Kier alpha value is -1.69. The summed E-state index contributed by atoms with van der Waals surface area (Å²) in [5.41, 5.74) is 0.523. The Morgan fingerprint density at radius 2 is 2.05 bits per heavy atom. The van der Waals surface area contributed by atoms with Gasteiger partial charge in [0.25, 0.3) is 5.91 Å². The predicted molar refractivity (Wildman–Crippen MR) is 75.4 cm³/mol. The first-order valence-corrected chi connectivity index (χ1v) is 6.75. The molecule has 1 N–H and O–H groups in total. The van der Waals surface area contributed by atoms with Crippen molar-refractivity contribution in [2.75, 3.05) is 7.05 Å². The molecule has 0 saturated carbocycles. The fraction of sp³-hybridized carbons (Fsp3) is 0.214. The molecule has 2 rings (SSSR count). The van der Waals surface area contributed by atoms with Crippen LogP contribution in [-0.4, -0.2) is 22.8 Å². The zero-order chi connectivity index (χ0) is 14.9. The molecular weight excluding hydrogens is 330 g/mol. The Balaban J connectivity index is 2.26. The first kappa shape index (κ1) is 14.7. The number of halogens is 3. The second-order valence-electron chi connectivity index (χ2n) is 4.49. The Bertz CT molecular complexity index is 642. The molecule has 0 fully saturated rings. The summed E-state index contributed by atoms with van der Waals surface area (Å²) in [4.78, 5) is 16.4. The molecule has 1 aromatic carbocycles. The zero-order valence-electron chi connectivity index (χ0n) is 11.0. The molecule has 0 aliphatic heterocycles. The van der Waals surface area contributed by atoms with Crippen LogP contribution >= 0.6 is 15.9 Å². The van der Waals surface area contributed by atoms with E-state index in [-0.39, 0.29) is 11.5 Å². The number of rotatable bonds is 3. The summed E-state index contributed by atoms with van der Waals surface area (Å²) in [7, 11) is 1.55. The highest BCUT2D eigenvalue weighted by molar-refractivity contribution is 9.10. The quantitative estimate of drug-likeness (QED) is 0.902. The lowest BCUT2D eigenvalue weighted by molar-refractivity contribution is 0.0735. The van der Waals surface area contributed by atoms with Crippen LogP contribution in [0.4, 0.5) is 8.78 Å². The van der Waals surface area contributed by atoms with Gasteiger partial charge in [-0.05, 0) is 47.1 Å². The van der Waals surface area contributed by atoms with Gasteiger partial charge in [-0.2, -0.15) is 0 Å². The Morgan fingerprint density at radius 3 is 2.65 bits per heavy atom. The van der Waals surface area contributed by atoms with Crippen molar-refractivity contribution in [3.8, 4) is 0 Å². The largest absolute Gasteiger partial charge is 0.356 e. The van der Waals surface area contributed by atoms with E-state index in [9.17, 15) is 13.6 Å². The number of H-pyrrole nitrogens is 1. The first-order valence-electron chi connectivity index (χ1n) is 5.96. The summed E-state index contributed by atoms with van der Waals surface area (Å²) < 4.78 is 27.7. The topological polar surface area (TPSA) is 36.1 Å². The van der Waals surface area contributed by atoms with Gasteiger partial charge >= 0.3 is 0 Å². The third-order valence-electron chi connectivity index (χ3n) is 3.19. The van der Waals surface area contributed by atoms with Gasteiger partial charge < -0.3 is 9.88 Å². The van der Waals surface area contributed by atoms with Gasteiger partial charge in [0.1, 0.15) is 17.3 Å². The molecule has 3 nitrogen and oxygen atoms in total. The molecule has 1 amide bonds. The summed E-state index contributed by atoms with van der Waals surface area (Å²) in [6.45, 7) is 1.65.